The summed E-state index contributed by atoms with van der Waals surface area (Å²) in [5.41, 5.74) is 6.80. The highest BCUT2D eigenvalue weighted by Gasteiger charge is 2.11. The first-order valence-corrected chi connectivity index (χ1v) is 6.09. The molecule has 0 saturated carbocycles. The van der Waals surface area contributed by atoms with Crippen molar-refractivity contribution in [1.29, 1.82) is 0 Å². The zero-order chi connectivity index (χ0) is 10.8. The van der Waals surface area contributed by atoms with Crippen molar-refractivity contribution in [2.45, 2.75) is 6.04 Å². The van der Waals surface area contributed by atoms with Gasteiger partial charge in [-0.25, -0.2) is 4.39 Å². The van der Waals surface area contributed by atoms with E-state index in [4.69, 9.17) is 5.73 Å². The fraction of sp³-hybridized carbons (Fsp3) is 0.0909. The van der Waals surface area contributed by atoms with Crippen molar-refractivity contribution in [2.24, 2.45) is 5.73 Å². The Morgan fingerprint density at radius 2 is 2.13 bits per heavy atom. The molecule has 78 valence electrons. The minimum Gasteiger partial charge on any atom is -0.320 e. The SMILES string of the molecule is NC(c1ccc(Br)c(F)c1)c1cccs1. The first kappa shape index (κ1) is 10.8. The molecule has 1 heterocycles. The summed E-state index contributed by atoms with van der Waals surface area (Å²) in [5.74, 6) is -0.278. The number of benzene rings is 1. The molecule has 1 nitrogen and oxygen atoms in total. The number of nitrogens with two attached hydrogens (primary N) is 1. The Labute approximate surface area is 99.9 Å². The van der Waals surface area contributed by atoms with E-state index in [0.29, 0.717) is 4.47 Å². The van der Waals surface area contributed by atoms with Gasteiger partial charge < -0.3 is 5.73 Å². The van der Waals surface area contributed by atoms with E-state index in [-0.39, 0.29) is 11.9 Å². The van der Waals surface area contributed by atoms with Crippen LogP contribution in [-0.2, 0) is 0 Å². The monoisotopic (exact) mass is 285 g/mol. The van der Waals surface area contributed by atoms with Crippen LogP contribution in [0.2, 0.25) is 0 Å². The van der Waals surface area contributed by atoms with Crippen LogP contribution in [0.5, 0.6) is 0 Å². The van der Waals surface area contributed by atoms with Gasteiger partial charge in [-0.05, 0) is 45.1 Å². The van der Waals surface area contributed by atoms with E-state index in [0.717, 1.165) is 10.4 Å². The van der Waals surface area contributed by atoms with Crippen LogP contribution in [0, 0.1) is 5.82 Å². The van der Waals surface area contributed by atoms with Crippen molar-refractivity contribution in [3.05, 3.63) is 56.4 Å². The summed E-state index contributed by atoms with van der Waals surface area (Å²) in [7, 11) is 0. The third kappa shape index (κ3) is 2.27. The highest BCUT2D eigenvalue weighted by atomic mass is 79.9. The van der Waals surface area contributed by atoms with Crippen LogP contribution < -0.4 is 5.73 Å². The molecule has 0 fully saturated rings. The smallest absolute Gasteiger partial charge is 0.137 e. The Bertz CT molecular complexity index is 456. The highest BCUT2D eigenvalue weighted by molar-refractivity contribution is 9.10. The topological polar surface area (TPSA) is 26.0 Å². The molecule has 0 aliphatic rings. The average Bonchev–Trinajstić information content (AvgIpc) is 2.74. The molecular weight excluding hydrogens is 277 g/mol. The van der Waals surface area contributed by atoms with Crippen molar-refractivity contribution < 1.29 is 4.39 Å². The van der Waals surface area contributed by atoms with Crippen LogP contribution in [0.4, 0.5) is 4.39 Å². The molecule has 4 heteroatoms. The Morgan fingerprint density at radius 3 is 2.73 bits per heavy atom. The summed E-state index contributed by atoms with van der Waals surface area (Å²) >= 11 is 4.69. The zero-order valence-corrected chi connectivity index (χ0v) is 10.2. The quantitative estimate of drug-likeness (QED) is 0.895. The summed E-state index contributed by atoms with van der Waals surface area (Å²) in [4.78, 5) is 1.04. The van der Waals surface area contributed by atoms with Crippen LogP contribution >= 0.6 is 27.3 Å². The second-order valence-electron chi connectivity index (χ2n) is 3.17. The minimum atomic E-state index is -0.278. The fourth-order valence-electron chi connectivity index (χ4n) is 1.34. The molecule has 1 aromatic carbocycles. The molecule has 1 aromatic heterocycles. The van der Waals surface area contributed by atoms with Gasteiger partial charge in [0.2, 0.25) is 0 Å². The van der Waals surface area contributed by atoms with Gasteiger partial charge in [-0.15, -0.1) is 11.3 Å². The van der Waals surface area contributed by atoms with E-state index in [1.165, 1.54) is 6.07 Å². The minimum absolute atomic E-state index is 0.243. The maximum absolute atomic E-state index is 13.3. The maximum Gasteiger partial charge on any atom is 0.137 e. The summed E-state index contributed by atoms with van der Waals surface area (Å²) in [5, 5.41) is 1.96. The van der Waals surface area contributed by atoms with E-state index in [1.807, 2.05) is 23.6 Å². The average molecular weight is 286 g/mol. The lowest BCUT2D eigenvalue weighted by atomic mass is 10.1. The van der Waals surface area contributed by atoms with Crippen molar-refractivity contribution in [1.82, 2.24) is 0 Å². The lowest BCUT2D eigenvalue weighted by Crippen LogP contribution is -2.10. The molecule has 1 unspecified atom stereocenters. The largest absolute Gasteiger partial charge is 0.320 e. The standard InChI is InChI=1S/C11H9BrFNS/c12-8-4-3-7(6-9(8)13)11(14)10-2-1-5-15-10/h1-6,11H,14H2. The number of hydrogen-bond donors (Lipinski definition) is 1. The third-order valence-corrected chi connectivity index (χ3v) is 3.75. The number of thiophene rings is 1. The maximum atomic E-state index is 13.3. The molecule has 0 aliphatic heterocycles. The van der Waals surface area contributed by atoms with E-state index in [1.54, 1.807) is 17.4 Å². The highest BCUT2D eigenvalue weighted by Crippen LogP contribution is 2.26. The molecule has 2 N–H and O–H groups in total. The van der Waals surface area contributed by atoms with Crippen LogP contribution in [-0.4, -0.2) is 0 Å². The van der Waals surface area contributed by atoms with E-state index in [2.05, 4.69) is 15.9 Å². The summed E-state index contributed by atoms with van der Waals surface area (Å²) in [6.45, 7) is 0. The number of hydrogen-bond acceptors (Lipinski definition) is 2. The van der Waals surface area contributed by atoms with Crippen molar-refractivity contribution in [2.75, 3.05) is 0 Å². The lowest BCUT2D eigenvalue weighted by Gasteiger charge is -2.10. The van der Waals surface area contributed by atoms with Gasteiger partial charge in [0.05, 0.1) is 10.5 Å². The molecule has 0 spiro atoms. The Morgan fingerprint density at radius 1 is 1.33 bits per heavy atom. The third-order valence-electron chi connectivity index (χ3n) is 2.15. The second-order valence-corrected chi connectivity index (χ2v) is 5.00. The van der Waals surface area contributed by atoms with Crippen LogP contribution in [0.1, 0.15) is 16.5 Å². The van der Waals surface area contributed by atoms with E-state index < -0.39 is 0 Å². The summed E-state index contributed by atoms with van der Waals surface area (Å²) in [6.07, 6.45) is 0. The summed E-state index contributed by atoms with van der Waals surface area (Å²) in [6, 6.07) is 8.63. The zero-order valence-electron chi connectivity index (χ0n) is 7.78. The normalized spacial score (nSPS) is 12.7. The fourth-order valence-corrected chi connectivity index (χ4v) is 2.34. The van der Waals surface area contributed by atoms with Gasteiger partial charge in [-0.1, -0.05) is 12.1 Å². The Kier molecular flexibility index (Phi) is 3.19. The van der Waals surface area contributed by atoms with Gasteiger partial charge in [0, 0.05) is 4.88 Å². The first-order valence-electron chi connectivity index (χ1n) is 4.42. The molecule has 2 rings (SSSR count). The molecule has 0 saturated heterocycles. The number of rotatable bonds is 2. The van der Waals surface area contributed by atoms with E-state index >= 15 is 0 Å². The molecular formula is C11H9BrFNS. The van der Waals surface area contributed by atoms with Crippen LogP contribution in [0.25, 0.3) is 0 Å². The first-order chi connectivity index (χ1) is 7.18. The van der Waals surface area contributed by atoms with Crippen LogP contribution in [0.3, 0.4) is 0 Å². The van der Waals surface area contributed by atoms with Gasteiger partial charge in [-0.3, -0.25) is 0 Å². The molecule has 0 radical (unpaired) electrons. The predicted molar refractivity (Wildman–Crippen MR) is 64.4 cm³/mol. The van der Waals surface area contributed by atoms with Gasteiger partial charge in [0.1, 0.15) is 5.82 Å². The van der Waals surface area contributed by atoms with Crippen LogP contribution in [0.15, 0.2) is 40.2 Å². The van der Waals surface area contributed by atoms with Gasteiger partial charge >= 0.3 is 0 Å². The molecule has 1 atom stereocenters. The van der Waals surface area contributed by atoms with Crippen molar-refractivity contribution >= 4 is 27.3 Å². The van der Waals surface area contributed by atoms with Gasteiger partial charge in [0.15, 0.2) is 0 Å². The Balaban J connectivity index is 2.34. The summed E-state index contributed by atoms with van der Waals surface area (Å²) < 4.78 is 13.7. The van der Waals surface area contributed by atoms with E-state index in [9.17, 15) is 4.39 Å². The molecule has 15 heavy (non-hydrogen) atoms. The van der Waals surface area contributed by atoms with Crippen molar-refractivity contribution in [3.63, 3.8) is 0 Å². The van der Waals surface area contributed by atoms with Gasteiger partial charge in [-0.2, -0.15) is 0 Å². The molecule has 0 aliphatic carbocycles. The van der Waals surface area contributed by atoms with Gasteiger partial charge in [0.25, 0.3) is 0 Å². The molecule has 0 amide bonds. The van der Waals surface area contributed by atoms with Crippen molar-refractivity contribution in [3.8, 4) is 0 Å². The number of halogens is 2. The molecule has 0 bridgehead atoms. The molecule has 2 aromatic rings. The lowest BCUT2D eigenvalue weighted by molar-refractivity contribution is 0.617. The Hall–Kier alpha value is -0.710. The predicted octanol–water partition coefficient (Wildman–Crippen LogP) is 3.70. The second kappa shape index (κ2) is 4.43.